The first kappa shape index (κ1) is 10.2. The van der Waals surface area contributed by atoms with E-state index < -0.39 is 5.72 Å². The molecule has 3 heteroatoms. The molecule has 1 aromatic carbocycles. The molecule has 1 aliphatic rings. The summed E-state index contributed by atoms with van der Waals surface area (Å²) in [6.45, 7) is 3.71. The van der Waals surface area contributed by atoms with Crippen LogP contribution in [0.15, 0.2) is 30.3 Å². The zero-order valence-corrected chi connectivity index (χ0v) is 8.99. The van der Waals surface area contributed by atoms with E-state index in [0.717, 1.165) is 5.56 Å². The Balaban J connectivity index is 2.05. The molecule has 0 radical (unpaired) electrons. The van der Waals surface area contributed by atoms with Crippen molar-refractivity contribution in [2.45, 2.75) is 32.1 Å². The Hall–Kier alpha value is -1.35. The van der Waals surface area contributed by atoms with Crippen LogP contribution < -0.4 is 5.32 Å². The average Bonchev–Trinajstić information content (AvgIpc) is 2.41. The highest BCUT2D eigenvalue weighted by atomic mass is 16.5. The van der Waals surface area contributed by atoms with E-state index in [-0.39, 0.29) is 12.0 Å². The van der Waals surface area contributed by atoms with Crippen LogP contribution in [0.25, 0.3) is 0 Å². The van der Waals surface area contributed by atoms with Crippen LogP contribution in [0.1, 0.15) is 19.4 Å². The van der Waals surface area contributed by atoms with E-state index in [0.29, 0.717) is 6.42 Å². The molecule has 1 aliphatic heterocycles. The van der Waals surface area contributed by atoms with Gasteiger partial charge in [-0.1, -0.05) is 30.3 Å². The molecule has 1 saturated heterocycles. The number of hydrogen-bond acceptors (Lipinski definition) is 2. The maximum Gasteiger partial charge on any atom is 0.251 e. The van der Waals surface area contributed by atoms with Crippen LogP contribution in [-0.4, -0.2) is 17.7 Å². The van der Waals surface area contributed by atoms with Gasteiger partial charge in [0, 0.05) is 6.42 Å². The van der Waals surface area contributed by atoms with Gasteiger partial charge in [-0.05, 0) is 19.4 Å². The number of rotatable bonds is 2. The van der Waals surface area contributed by atoms with Gasteiger partial charge in [-0.15, -0.1) is 0 Å². The van der Waals surface area contributed by atoms with Crippen LogP contribution in [0.3, 0.4) is 0 Å². The minimum Gasteiger partial charge on any atom is -0.343 e. The van der Waals surface area contributed by atoms with Gasteiger partial charge in [0.2, 0.25) is 0 Å². The molecule has 1 fully saturated rings. The van der Waals surface area contributed by atoms with Crippen molar-refractivity contribution in [3.05, 3.63) is 35.9 Å². The highest BCUT2D eigenvalue weighted by Gasteiger charge is 2.37. The number of benzene rings is 1. The Labute approximate surface area is 89.4 Å². The predicted octanol–water partition coefficient (Wildman–Crippen LogP) is 1.48. The van der Waals surface area contributed by atoms with E-state index >= 15 is 0 Å². The Morgan fingerprint density at radius 2 is 2.00 bits per heavy atom. The zero-order valence-electron chi connectivity index (χ0n) is 8.99. The van der Waals surface area contributed by atoms with Gasteiger partial charge < -0.3 is 10.1 Å². The molecule has 1 heterocycles. The van der Waals surface area contributed by atoms with E-state index in [4.69, 9.17) is 4.74 Å². The van der Waals surface area contributed by atoms with Crippen molar-refractivity contribution >= 4 is 5.91 Å². The van der Waals surface area contributed by atoms with Crippen molar-refractivity contribution < 1.29 is 9.53 Å². The average molecular weight is 205 g/mol. The van der Waals surface area contributed by atoms with Gasteiger partial charge in [-0.2, -0.15) is 0 Å². The summed E-state index contributed by atoms with van der Waals surface area (Å²) in [5, 5.41) is 2.80. The van der Waals surface area contributed by atoms with Gasteiger partial charge in [0.25, 0.3) is 5.91 Å². The van der Waals surface area contributed by atoms with Gasteiger partial charge in [0.15, 0.2) is 0 Å². The highest BCUT2D eigenvalue weighted by molar-refractivity contribution is 5.83. The number of hydrogen-bond donors (Lipinski definition) is 1. The minimum absolute atomic E-state index is 0.0242. The van der Waals surface area contributed by atoms with E-state index in [1.54, 1.807) is 0 Å². The van der Waals surface area contributed by atoms with Gasteiger partial charge in [-0.3, -0.25) is 4.79 Å². The summed E-state index contributed by atoms with van der Waals surface area (Å²) in [6, 6.07) is 9.90. The largest absolute Gasteiger partial charge is 0.343 e. The van der Waals surface area contributed by atoms with Crippen molar-refractivity contribution in [1.29, 1.82) is 0 Å². The third-order valence-electron chi connectivity index (χ3n) is 2.42. The molecule has 80 valence electrons. The predicted molar refractivity (Wildman–Crippen MR) is 57.2 cm³/mol. The van der Waals surface area contributed by atoms with Crippen LogP contribution in [0.2, 0.25) is 0 Å². The van der Waals surface area contributed by atoms with E-state index in [2.05, 4.69) is 5.32 Å². The topological polar surface area (TPSA) is 38.3 Å². The fourth-order valence-electron chi connectivity index (χ4n) is 1.78. The summed E-state index contributed by atoms with van der Waals surface area (Å²) in [4.78, 5) is 11.6. The molecular weight excluding hydrogens is 190 g/mol. The number of carbonyl (C=O) groups is 1. The van der Waals surface area contributed by atoms with Crippen molar-refractivity contribution in [1.82, 2.24) is 5.32 Å². The van der Waals surface area contributed by atoms with Crippen molar-refractivity contribution in [3.8, 4) is 0 Å². The highest BCUT2D eigenvalue weighted by Crippen LogP contribution is 2.19. The summed E-state index contributed by atoms with van der Waals surface area (Å²) in [7, 11) is 0. The number of amides is 1. The summed E-state index contributed by atoms with van der Waals surface area (Å²) in [5.74, 6) is -0.0242. The molecule has 1 N–H and O–H groups in total. The lowest BCUT2D eigenvalue weighted by Crippen LogP contribution is -2.35. The van der Waals surface area contributed by atoms with Crippen molar-refractivity contribution in [2.24, 2.45) is 0 Å². The first-order chi connectivity index (χ1) is 7.07. The molecular formula is C12H15NO2. The molecule has 1 atom stereocenters. The first-order valence-electron chi connectivity index (χ1n) is 5.11. The van der Waals surface area contributed by atoms with E-state index in [9.17, 15) is 4.79 Å². The van der Waals surface area contributed by atoms with Gasteiger partial charge in [-0.25, -0.2) is 0 Å². The summed E-state index contributed by atoms with van der Waals surface area (Å²) in [5.41, 5.74) is 0.589. The zero-order chi connectivity index (χ0) is 10.9. The monoisotopic (exact) mass is 205 g/mol. The molecule has 0 aliphatic carbocycles. The molecule has 3 nitrogen and oxygen atoms in total. The second kappa shape index (κ2) is 3.66. The standard InChI is InChI=1S/C12H15NO2/c1-12(2)13-11(14)10(15-12)8-9-6-4-3-5-7-9/h3-7,10H,8H2,1-2H3,(H,13,14). The van der Waals surface area contributed by atoms with Crippen molar-refractivity contribution in [3.63, 3.8) is 0 Å². The maximum absolute atomic E-state index is 11.6. The Morgan fingerprint density at radius 3 is 2.53 bits per heavy atom. The first-order valence-corrected chi connectivity index (χ1v) is 5.11. The van der Waals surface area contributed by atoms with Crippen LogP contribution >= 0.6 is 0 Å². The third-order valence-corrected chi connectivity index (χ3v) is 2.42. The molecule has 0 aromatic heterocycles. The molecule has 2 rings (SSSR count). The lowest BCUT2D eigenvalue weighted by molar-refractivity contribution is -0.123. The fourth-order valence-corrected chi connectivity index (χ4v) is 1.78. The second-order valence-corrected chi connectivity index (χ2v) is 4.30. The van der Waals surface area contributed by atoms with E-state index in [1.165, 1.54) is 0 Å². The lowest BCUT2D eigenvalue weighted by Gasteiger charge is -2.17. The lowest BCUT2D eigenvalue weighted by atomic mass is 10.1. The van der Waals surface area contributed by atoms with Gasteiger partial charge in [0.1, 0.15) is 11.8 Å². The number of carbonyl (C=O) groups excluding carboxylic acids is 1. The van der Waals surface area contributed by atoms with Crippen LogP contribution in [0.5, 0.6) is 0 Å². The quantitative estimate of drug-likeness (QED) is 0.794. The number of ether oxygens (including phenoxy) is 1. The van der Waals surface area contributed by atoms with Crippen molar-refractivity contribution in [2.75, 3.05) is 0 Å². The third kappa shape index (κ3) is 2.36. The Morgan fingerprint density at radius 1 is 1.33 bits per heavy atom. The summed E-state index contributed by atoms with van der Waals surface area (Å²) >= 11 is 0. The minimum atomic E-state index is -0.531. The molecule has 15 heavy (non-hydrogen) atoms. The normalized spacial score (nSPS) is 23.9. The SMILES string of the molecule is CC1(C)NC(=O)C(Cc2ccccc2)O1. The van der Waals surface area contributed by atoms with Gasteiger partial charge in [0.05, 0.1) is 0 Å². The van der Waals surface area contributed by atoms with E-state index in [1.807, 2.05) is 44.2 Å². The van der Waals surface area contributed by atoms with Crippen LogP contribution in [0.4, 0.5) is 0 Å². The second-order valence-electron chi connectivity index (χ2n) is 4.30. The van der Waals surface area contributed by atoms with Gasteiger partial charge >= 0.3 is 0 Å². The molecule has 0 saturated carbocycles. The Kier molecular flexibility index (Phi) is 2.49. The number of nitrogens with one attached hydrogen (secondary N) is 1. The summed E-state index contributed by atoms with van der Waals surface area (Å²) in [6.07, 6.45) is 0.276. The molecule has 1 aromatic rings. The molecule has 1 unspecified atom stereocenters. The fraction of sp³-hybridized carbons (Fsp3) is 0.417. The smallest absolute Gasteiger partial charge is 0.251 e. The Bertz CT molecular complexity index is 359. The molecule has 0 spiro atoms. The van der Waals surface area contributed by atoms with Crippen LogP contribution in [0, 0.1) is 0 Å². The molecule has 0 bridgehead atoms. The maximum atomic E-state index is 11.6. The summed E-state index contributed by atoms with van der Waals surface area (Å²) < 4.78 is 5.60. The van der Waals surface area contributed by atoms with Crippen LogP contribution in [-0.2, 0) is 16.0 Å². The molecule has 1 amide bonds.